The van der Waals surface area contributed by atoms with Crippen LogP contribution in [0.4, 0.5) is 0 Å². The Hall–Kier alpha value is -0.610. The summed E-state index contributed by atoms with van der Waals surface area (Å²) in [5.74, 6) is 0.888. The van der Waals surface area contributed by atoms with E-state index in [0.717, 1.165) is 25.1 Å². The average molecular weight is 228 g/mol. The maximum absolute atomic E-state index is 6.05. The van der Waals surface area contributed by atoms with Gasteiger partial charge in [0.2, 0.25) is 5.28 Å². The lowest BCUT2D eigenvalue weighted by molar-refractivity contribution is -0.0274. The Morgan fingerprint density at radius 1 is 1.27 bits per heavy atom. The van der Waals surface area contributed by atoms with Crippen molar-refractivity contribution < 1.29 is 4.74 Å². The summed E-state index contributed by atoms with van der Waals surface area (Å²) in [6.45, 7) is 1.94. The van der Waals surface area contributed by atoms with E-state index in [0.29, 0.717) is 23.5 Å². The molecular formula is C10H14ClN3O. The molecule has 1 aromatic rings. The van der Waals surface area contributed by atoms with Crippen LogP contribution >= 0.6 is 11.6 Å². The molecule has 2 aliphatic heterocycles. The monoisotopic (exact) mass is 227 g/mol. The first kappa shape index (κ1) is 9.60. The summed E-state index contributed by atoms with van der Waals surface area (Å²) in [5.41, 5.74) is 0. The molecule has 3 heterocycles. The van der Waals surface area contributed by atoms with E-state index in [1.165, 1.54) is 6.42 Å². The molecule has 82 valence electrons. The third-order valence-electron chi connectivity index (χ3n) is 3.51. The number of hydrogen-bond donors (Lipinski definition) is 0. The predicted octanol–water partition coefficient (Wildman–Crippen LogP) is 2.12. The molecule has 0 amide bonds. The smallest absolute Gasteiger partial charge is 0.225 e. The molecule has 5 heteroatoms. The van der Waals surface area contributed by atoms with E-state index in [1.807, 2.05) is 11.5 Å². The van der Waals surface area contributed by atoms with Crippen LogP contribution in [0.5, 0.6) is 0 Å². The first-order chi connectivity index (χ1) is 7.25. The summed E-state index contributed by atoms with van der Waals surface area (Å²) in [4.78, 5) is 0. The fraction of sp³-hybridized carbons (Fsp3) is 0.800. The molecule has 4 nitrogen and oxygen atoms in total. The Kier molecular flexibility index (Phi) is 2.21. The summed E-state index contributed by atoms with van der Waals surface area (Å²) in [7, 11) is 0. The fourth-order valence-electron chi connectivity index (χ4n) is 2.79. The second kappa shape index (κ2) is 3.46. The van der Waals surface area contributed by atoms with Crippen molar-refractivity contribution in [2.75, 3.05) is 0 Å². The zero-order valence-corrected chi connectivity index (χ0v) is 9.44. The number of aromatic nitrogens is 3. The molecule has 3 atom stereocenters. The van der Waals surface area contributed by atoms with Gasteiger partial charge in [0, 0.05) is 0 Å². The summed E-state index contributed by atoms with van der Waals surface area (Å²) >= 11 is 6.05. The standard InChI is InChI=1S/C10H14ClN3O/c1-6-12-13-10(11)14(6)8-4-2-7-3-5-9(8)15-7/h7-9H,2-5H2,1H3. The maximum atomic E-state index is 6.05. The molecule has 3 unspecified atom stereocenters. The van der Waals surface area contributed by atoms with Crippen molar-refractivity contribution in [2.45, 2.75) is 50.9 Å². The van der Waals surface area contributed by atoms with Crippen LogP contribution in [0, 0.1) is 6.92 Å². The van der Waals surface area contributed by atoms with Crippen LogP contribution in [0.3, 0.4) is 0 Å². The zero-order valence-electron chi connectivity index (χ0n) is 8.69. The zero-order chi connectivity index (χ0) is 10.4. The molecule has 0 aromatic carbocycles. The summed E-state index contributed by atoms with van der Waals surface area (Å²) < 4.78 is 7.93. The number of fused-ring (bicyclic) bond motifs is 2. The fourth-order valence-corrected chi connectivity index (χ4v) is 3.07. The van der Waals surface area contributed by atoms with Gasteiger partial charge in [0.25, 0.3) is 0 Å². The van der Waals surface area contributed by atoms with Gasteiger partial charge in [0.15, 0.2) is 0 Å². The van der Waals surface area contributed by atoms with Gasteiger partial charge >= 0.3 is 0 Å². The Labute approximate surface area is 93.6 Å². The number of rotatable bonds is 1. The van der Waals surface area contributed by atoms with Gasteiger partial charge in [0.05, 0.1) is 18.2 Å². The minimum Gasteiger partial charge on any atom is -0.373 e. The molecule has 0 aliphatic carbocycles. The third-order valence-corrected chi connectivity index (χ3v) is 3.77. The van der Waals surface area contributed by atoms with Crippen LogP contribution < -0.4 is 0 Å². The Balaban J connectivity index is 1.93. The number of hydrogen-bond acceptors (Lipinski definition) is 3. The quantitative estimate of drug-likeness (QED) is 0.738. The lowest BCUT2D eigenvalue weighted by Crippen LogP contribution is -2.30. The van der Waals surface area contributed by atoms with Gasteiger partial charge in [-0.15, -0.1) is 10.2 Å². The second-order valence-corrected chi connectivity index (χ2v) is 4.74. The molecule has 0 N–H and O–H groups in total. The highest BCUT2D eigenvalue weighted by Crippen LogP contribution is 2.40. The van der Waals surface area contributed by atoms with Crippen molar-refractivity contribution >= 4 is 11.6 Å². The van der Waals surface area contributed by atoms with Gasteiger partial charge in [-0.2, -0.15) is 0 Å². The SMILES string of the molecule is Cc1nnc(Cl)n1C1CCC2CCC1O2. The van der Waals surface area contributed by atoms with Crippen molar-refractivity contribution in [3.05, 3.63) is 11.1 Å². The second-order valence-electron chi connectivity index (χ2n) is 4.40. The number of aryl methyl sites for hydroxylation is 1. The lowest BCUT2D eigenvalue weighted by Gasteiger charge is -2.30. The van der Waals surface area contributed by atoms with Crippen LogP contribution in [0.15, 0.2) is 0 Å². The van der Waals surface area contributed by atoms with E-state index < -0.39 is 0 Å². The molecule has 2 aliphatic rings. The van der Waals surface area contributed by atoms with Gasteiger partial charge < -0.3 is 4.74 Å². The van der Waals surface area contributed by atoms with Gasteiger partial charge in [-0.3, -0.25) is 4.57 Å². The Morgan fingerprint density at radius 3 is 2.80 bits per heavy atom. The summed E-state index contributed by atoms with van der Waals surface area (Å²) in [5, 5.41) is 8.39. The van der Waals surface area contributed by atoms with Gasteiger partial charge in [-0.05, 0) is 44.2 Å². The number of nitrogens with zero attached hydrogens (tertiary/aromatic N) is 3. The van der Waals surface area contributed by atoms with Gasteiger partial charge in [0.1, 0.15) is 5.82 Å². The molecule has 3 rings (SSSR count). The summed E-state index contributed by atoms with van der Waals surface area (Å²) in [6, 6.07) is 0.339. The van der Waals surface area contributed by atoms with Crippen molar-refractivity contribution in [3.8, 4) is 0 Å². The molecule has 0 radical (unpaired) electrons. The largest absolute Gasteiger partial charge is 0.373 e. The Morgan fingerprint density at radius 2 is 2.07 bits per heavy atom. The first-order valence-electron chi connectivity index (χ1n) is 5.48. The van der Waals surface area contributed by atoms with Crippen molar-refractivity contribution in [3.63, 3.8) is 0 Å². The first-order valence-corrected chi connectivity index (χ1v) is 5.86. The van der Waals surface area contributed by atoms with Gasteiger partial charge in [-0.1, -0.05) is 0 Å². The highest BCUT2D eigenvalue weighted by Gasteiger charge is 2.38. The highest BCUT2D eigenvalue weighted by atomic mass is 35.5. The number of halogens is 1. The van der Waals surface area contributed by atoms with Crippen LogP contribution in [0.2, 0.25) is 5.28 Å². The molecular weight excluding hydrogens is 214 g/mol. The normalized spacial score (nSPS) is 34.7. The average Bonchev–Trinajstić information content (AvgIpc) is 2.76. The van der Waals surface area contributed by atoms with E-state index in [9.17, 15) is 0 Å². The Bertz CT molecular complexity index is 359. The maximum Gasteiger partial charge on any atom is 0.225 e. The number of ether oxygens (including phenoxy) is 1. The molecule has 2 bridgehead atoms. The van der Waals surface area contributed by atoms with E-state index in [4.69, 9.17) is 16.3 Å². The molecule has 2 saturated heterocycles. The molecule has 2 fully saturated rings. The van der Waals surface area contributed by atoms with Crippen molar-refractivity contribution in [2.24, 2.45) is 0 Å². The third kappa shape index (κ3) is 1.47. The van der Waals surface area contributed by atoms with Crippen LogP contribution in [0.1, 0.15) is 37.5 Å². The van der Waals surface area contributed by atoms with Crippen LogP contribution in [-0.2, 0) is 4.74 Å². The minimum atomic E-state index is 0.316. The molecule has 0 saturated carbocycles. The molecule has 1 aromatic heterocycles. The van der Waals surface area contributed by atoms with E-state index in [2.05, 4.69) is 10.2 Å². The van der Waals surface area contributed by atoms with E-state index >= 15 is 0 Å². The predicted molar refractivity (Wildman–Crippen MR) is 55.9 cm³/mol. The van der Waals surface area contributed by atoms with Crippen LogP contribution in [0.25, 0.3) is 0 Å². The van der Waals surface area contributed by atoms with Crippen LogP contribution in [-0.4, -0.2) is 27.0 Å². The highest BCUT2D eigenvalue weighted by molar-refractivity contribution is 6.28. The minimum absolute atomic E-state index is 0.316. The van der Waals surface area contributed by atoms with Crippen molar-refractivity contribution in [1.29, 1.82) is 0 Å². The van der Waals surface area contributed by atoms with E-state index in [-0.39, 0.29) is 0 Å². The topological polar surface area (TPSA) is 39.9 Å². The molecule has 0 spiro atoms. The van der Waals surface area contributed by atoms with Gasteiger partial charge in [-0.25, -0.2) is 0 Å². The molecule has 15 heavy (non-hydrogen) atoms. The van der Waals surface area contributed by atoms with E-state index in [1.54, 1.807) is 0 Å². The van der Waals surface area contributed by atoms with Crippen molar-refractivity contribution in [1.82, 2.24) is 14.8 Å². The summed E-state index contributed by atoms with van der Waals surface area (Å²) in [6.07, 6.45) is 5.41. The lowest BCUT2D eigenvalue weighted by atomic mass is 10.0.